The molecule has 0 saturated heterocycles. The SMILES string of the molecule is CCC(c1cccc2ccccc12)c1cccc2ccccc12. The first-order chi connectivity index (χ1) is 11.4. The summed E-state index contributed by atoms with van der Waals surface area (Å²) in [5, 5.41) is 5.39. The highest BCUT2D eigenvalue weighted by Gasteiger charge is 2.16. The summed E-state index contributed by atoms with van der Waals surface area (Å²) in [6, 6.07) is 30.8. The summed E-state index contributed by atoms with van der Waals surface area (Å²) in [5.74, 6) is 0.423. The van der Waals surface area contributed by atoms with Crippen LogP contribution in [0, 0.1) is 0 Å². The van der Waals surface area contributed by atoms with Crippen molar-refractivity contribution < 1.29 is 0 Å². The summed E-state index contributed by atoms with van der Waals surface area (Å²) in [7, 11) is 0. The minimum Gasteiger partial charge on any atom is -0.0645 e. The molecule has 0 nitrogen and oxygen atoms in total. The van der Waals surface area contributed by atoms with Crippen LogP contribution in [-0.2, 0) is 0 Å². The topological polar surface area (TPSA) is 0 Å². The highest BCUT2D eigenvalue weighted by atomic mass is 14.2. The van der Waals surface area contributed by atoms with Gasteiger partial charge in [0.05, 0.1) is 0 Å². The van der Waals surface area contributed by atoms with E-state index in [9.17, 15) is 0 Å². The second-order valence-corrected chi connectivity index (χ2v) is 6.10. The maximum Gasteiger partial charge on any atom is 0.00990 e. The summed E-state index contributed by atoms with van der Waals surface area (Å²) in [6.07, 6.45) is 1.10. The molecule has 0 radical (unpaired) electrons. The second-order valence-electron chi connectivity index (χ2n) is 6.10. The van der Waals surface area contributed by atoms with Gasteiger partial charge in [0.2, 0.25) is 0 Å². The summed E-state index contributed by atoms with van der Waals surface area (Å²) in [5.41, 5.74) is 2.86. The zero-order valence-corrected chi connectivity index (χ0v) is 13.4. The molecule has 0 spiro atoms. The van der Waals surface area contributed by atoms with Crippen molar-refractivity contribution in [3.63, 3.8) is 0 Å². The van der Waals surface area contributed by atoms with Crippen molar-refractivity contribution in [2.45, 2.75) is 19.3 Å². The van der Waals surface area contributed by atoms with E-state index >= 15 is 0 Å². The normalized spacial score (nSPS) is 11.4. The molecule has 0 unspecified atom stereocenters. The zero-order chi connectivity index (χ0) is 15.6. The van der Waals surface area contributed by atoms with Gasteiger partial charge in [-0.2, -0.15) is 0 Å². The van der Waals surface area contributed by atoms with Gasteiger partial charge in [-0.1, -0.05) is 91.9 Å². The summed E-state index contributed by atoms with van der Waals surface area (Å²) in [4.78, 5) is 0. The first-order valence-corrected chi connectivity index (χ1v) is 8.34. The van der Waals surface area contributed by atoms with Gasteiger partial charge in [-0.3, -0.25) is 0 Å². The van der Waals surface area contributed by atoms with Crippen molar-refractivity contribution in [2.75, 3.05) is 0 Å². The van der Waals surface area contributed by atoms with Gasteiger partial charge >= 0.3 is 0 Å². The molecule has 112 valence electrons. The van der Waals surface area contributed by atoms with Crippen LogP contribution in [0.2, 0.25) is 0 Å². The summed E-state index contributed by atoms with van der Waals surface area (Å²) >= 11 is 0. The third-order valence-electron chi connectivity index (χ3n) is 4.81. The van der Waals surface area contributed by atoms with Crippen molar-refractivity contribution in [3.8, 4) is 0 Å². The van der Waals surface area contributed by atoms with E-state index in [0.717, 1.165) is 6.42 Å². The molecule has 0 heteroatoms. The lowest BCUT2D eigenvalue weighted by Gasteiger charge is -2.20. The fourth-order valence-corrected chi connectivity index (χ4v) is 3.72. The summed E-state index contributed by atoms with van der Waals surface area (Å²) in [6.45, 7) is 2.29. The van der Waals surface area contributed by atoms with Gasteiger partial charge in [0, 0.05) is 5.92 Å². The van der Waals surface area contributed by atoms with Gasteiger partial charge in [0.1, 0.15) is 0 Å². The van der Waals surface area contributed by atoms with Crippen molar-refractivity contribution >= 4 is 21.5 Å². The van der Waals surface area contributed by atoms with Crippen molar-refractivity contribution in [1.82, 2.24) is 0 Å². The molecule has 0 saturated carbocycles. The Balaban J connectivity index is 1.97. The minimum atomic E-state index is 0.423. The average Bonchev–Trinajstić information content (AvgIpc) is 2.63. The van der Waals surface area contributed by atoms with Crippen LogP contribution >= 0.6 is 0 Å². The molecule has 0 amide bonds. The lowest BCUT2D eigenvalue weighted by Crippen LogP contribution is -2.01. The van der Waals surface area contributed by atoms with Crippen LogP contribution < -0.4 is 0 Å². The Morgan fingerprint density at radius 1 is 0.565 bits per heavy atom. The van der Waals surface area contributed by atoms with Gasteiger partial charge < -0.3 is 0 Å². The molecule has 0 atom stereocenters. The lowest BCUT2D eigenvalue weighted by atomic mass is 9.84. The van der Waals surface area contributed by atoms with Gasteiger partial charge in [-0.05, 0) is 39.1 Å². The molecule has 4 aromatic rings. The second kappa shape index (κ2) is 5.89. The molecule has 0 heterocycles. The van der Waals surface area contributed by atoms with Crippen LogP contribution in [-0.4, -0.2) is 0 Å². The predicted molar refractivity (Wildman–Crippen MR) is 100 cm³/mol. The van der Waals surface area contributed by atoms with Crippen molar-refractivity contribution in [3.05, 3.63) is 96.1 Å². The van der Waals surface area contributed by atoms with Crippen LogP contribution in [0.3, 0.4) is 0 Å². The highest BCUT2D eigenvalue weighted by Crippen LogP contribution is 2.36. The molecular formula is C23H20. The molecular weight excluding hydrogens is 276 g/mol. The Labute approximate surface area is 137 Å². The smallest absolute Gasteiger partial charge is 0.00990 e. The fourth-order valence-electron chi connectivity index (χ4n) is 3.72. The Morgan fingerprint density at radius 2 is 1.00 bits per heavy atom. The molecule has 0 aliphatic rings. The van der Waals surface area contributed by atoms with E-state index < -0.39 is 0 Å². The predicted octanol–water partition coefficient (Wildman–Crippen LogP) is 6.53. The Morgan fingerprint density at radius 3 is 1.48 bits per heavy atom. The van der Waals surface area contributed by atoms with Gasteiger partial charge in [-0.25, -0.2) is 0 Å². The van der Waals surface area contributed by atoms with Gasteiger partial charge in [-0.15, -0.1) is 0 Å². The Kier molecular flexibility index (Phi) is 3.59. The van der Waals surface area contributed by atoms with Gasteiger partial charge in [0.15, 0.2) is 0 Å². The zero-order valence-electron chi connectivity index (χ0n) is 13.4. The minimum absolute atomic E-state index is 0.423. The maximum absolute atomic E-state index is 2.29. The highest BCUT2D eigenvalue weighted by molar-refractivity contribution is 5.90. The van der Waals surface area contributed by atoms with Crippen LogP contribution in [0.4, 0.5) is 0 Å². The molecule has 0 fully saturated rings. The molecule has 0 aromatic heterocycles. The number of fused-ring (bicyclic) bond motifs is 2. The number of rotatable bonds is 3. The summed E-state index contributed by atoms with van der Waals surface area (Å²) < 4.78 is 0. The standard InChI is InChI=1S/C23H20/c1-2-19(22-15-7-11-17-9-3-5-13-20(17)22)23-16-8-12-18-10-4-6-14-21(18)23/h3-16,19H,2H2,1H3. The number of hydrogen-bond donors (Lipinski definition) is 0. The Bertz CT molecular complexity index is 876. The number of benzene rings is 4. The molecule has 4 rings (SSSR count). The lowest BCUT2D eigenvalue weighted by molar-refractivity contribution is 0.790. The monoisotopic (exact) mass is 296 g/mol. The van der Waals surface area contributed by atoms with Crippen molar-refractivity contribution in [1.29, 1.82) is 0 Å². The molecule has 0 N–H and O–H groups in total. The van der Waals surface area contributed by atoms with Gasteiger partial charge in [0.25, 0.3) is 0 Å². The van der Waals surface area contributed by atoms with Crippen LogP contribution in [0.25, 0.3) is 21.5 Å². The van der Waals surface area contributed by atoms with E-state index in [1.165, 1.54) is 32.7 Å². The van der Waals surface area contributed by atoms with E-state index in [-0.39, 0.29) is 0 Å². The van der Waals surface area contributed by atoms with E-state index in [1.807, 2.05) is 0 Å². The van der Waals surface area contributed by atoms with E-state index in [4.69, 9.17) is 0 Å². The number of hydrogen-bond acceptors (Lipinski definition) is 0. The van der Waals surface area contributed by atoms with Crippen LogP contribution in [0.1, 0.15) is 30.4 Å². The van der Waals surface area contributed by atoms with Crippen LogP contribution in [0.15, 0.2) is 84.9 Å². The molecule has 0 bridgehead atoms. The average molecular weight is 296 g/mol. The third-order valence-corrected chi connectivity index (χ3v) is 4.81. The quantitative estimate of drug-likeness (QED) is 0.403. The largest absolute Gasteiger partial charge is 0.0645 e. The van der Waals surface area contributed by atoms with Crippen LogP contribution in [0.5, 0.6) is 0 Å². The van der Waals surface area contributed by atoms with Crippen molar-refractivity contribution in [2.24, 2.45) is 0 Å². The molecule has 4 aromatic carbocycles. The van der Waals surface area contributed by atoms with E-state index in [2.05, 4.69) is 91.9 Å². The first kappa shape index (κ1) is 14.0. The molecule has 0 aliphatic carbocycles. The first-order valence-electron chi connectivity index (χ1n) is 8.34. The maximum atomic E-state index is 2.29. The Hall–Kier alpha value is -2.60. The molecule has 23 heavy (non-hydrogen) atoms. The molecule has 0 aliphatic heterocycles. The fraction of sp³-hybridized carbons (Fsp3) is 0.130. The third kappa shape index (κ3) is 2.41. The van der Waals surface area contributed by atoms with E-state index in [0.29, 0.717) is 5.92 Å². The van der Waals surface area contributed by atoms with E-state index in [1.54, 1.807) is 0 Å².